The van der Waals surface area contributed by atoms with Crippen molar-refractivity contribution in [1.82, 2.24) is 4.57 Å². The molecule has 3 aromatic rings. The highest BCUT2D eigenvalue weighted by molar-refractivity contribution is 7.73. The zero-order valence-corrected chi connectivity index (χ0v) is 18.2. The maximum atomic E-state index is 11.4. The average molecular weight is 453 g/mol. The van der Waals surface area contributed by atoms with Gasteiger partial charge in [0.1, 0.15) is 0 Å². The summed E-state index contributed by atoms with van der Waals surface area (Å²) in [6, 6.07) is 12.5. The molecule has 0 amide bonds. The Morgan fingerprint density at radius 1 is 1.26 bits per heavy atom. The Bertz CT molecular complexity index is 1340. The molecule has 0 bridgehead atoms. The molecule has 0 unspecified atom stereocenters. The number of rotatable bonds is 7. The quantitative estimate of drug-likeness (QED) is 0.529. The molecular formula is C23H20N2O4S2. The number of carboxylic acids is 1. The van der Waals surface area contributed by atoms with E-state index in [9.17, 15) is 9.90 Å². The third kappa shape index (κ3) is 4.55. The minimum absolute atomic E-state index is 0.203. The molecule has 1 aliphatic rings. The minimum atomic E-state index is -0.986. The van der Waals surface area contributed by atoms with E-state index in [0.717, 1.165) is 30.9 Å². The predicted octanol–water partition coefficient (Wildman–Crippen LogP) is 3.96. The van der Waals surface area contributed by atoms with Crippen molar-refractivity contribution in [3.05, 3.63) is 79.7 Å². The van der Waals surface area contributed by atoms with Gasteiger partial charge in [0, 0.05) is 18.7 Å². The van der Waals surface area contributed by atoms with E-state index in [1.165, 1.54) is 11.3 Å². The number of carbonyl (C=O) groups is 1. The first kappa shape index (κ1) is 20.9. The number of anilines is 1. The van der Waals surface area contributed by atoms with Crippen LogP contribution in [0.5, 0.6) is 11.5 Å². The first-order valence-corrected chi connectivity index (χ1v) is 10.7. The monoisotopic (exact) mass is 452 g/mol. The second-order valence-electron chi connectivity index (χ2n) is 6.92. The van der Waals surface area contributed by atoms with Crippen LogP contribution in [-0.2, 0) is 6.54 Å². The van der Waals surface area contributed by atoms with Gasteiger partial charge >= 0.3 is 5.97 Å². The highest BCUT2D eigenvalue weighted by Gasteiger charge is 2.13. The molecule has 0 aliphatic carbocycles. The predicted molar refractivity (Wildman–Crippen MR) is 125 cm³/mol. The molecule has 0 saturated heterocycles. The Kier molecular flexibility index (Phi) is 5.92. The van der Waals surface area contributed by atoms with Crippen molar-refractivity contribution in [3.63, 3.8) is 0 Å². The lowest BCUT2D eigenvalue weighted by Gasteiger charge is -2.12. The lowest BCUT2D eigenvalue weighted by atomic mass is 10.1. The van der Waals surface area contributed by atoms with Crippen LogP contribution in [0.4, 0.5) is 5.69 Å². The van der Waals surface area contributed by atoms with Crippen LogP contribution in [0.3, 0.4) is 0 Å². The van der Waals surface area contributed by atoms with E-state index in [0.29, 0.717) is 24.4 Å². The molecule has 1 aromatic heterocycles. The number of ether oxygens (including phenoxy) is 2. The van der Waals surface area contributed by atoms with Crippen LogP contribution in [0.2, 0.25) is 0 Å². The van der Waals surface area contributed by atoms with Crippen molar-refractivity contribution in [2.45, 2.75) is 13.0 Å². The van der Waals surface area contributed by atoms with Crippen LogP contribution in [0.25, 0.3) is 12.7 Å². The number of nitrogens with zero attached hydrogens (tertiary/aromatic N) is 1. The van der Waals surface area contributed by atoms with Crippen molar-refractivity contribution >= 4 is 47.9 Å². The number of fused-ring (bicyclic) bond motifs is 1. The second-order valence-corrected chi connectivity index (χ2v) is 8.59. The van der Waals surface area contributed by atoms with Crippen molar-refractivity contribution < 1.29 is 19.4 Å². The van der Waals surface area contributed by atoms with Gasteiger partial charge in [-0.1, -0.05) is 31.4 Å². The Morgan fingerprint density at radius 2 is 2.03 bits per heavy atom. The van der Waals surface area contributed by atoms with Crippen LogP contribution in [-0.4, -0.2) is 22.4 Å². The summed E-state index contributed by atoms with van der Waals surface area (Å²) in [5, 5.41) is 13.2. The summed E-state index contributed by atoms with van der Waals surface area (Å²) >= 11 is 7.03. The number of hydrogen-bond acceptors (Lipinski definition) is 6. The van der Waals surface area contributed by atoms with Gasteiger partial charge in [0.2, 0.25) is 6.79 Å². The molecule has 8 heteroatoms. The van der Waals surface area contributed by atoms with Crippen LogP contribution >= 0.6 is 23.6 Å². The number of hydrogen-bond donors (Lipinski definition) is 2. The molecule has 6 nitrogen and oxygen atoms in total. The van der Waals surface area contributed by atoms with Gasteiger partial charge in [-0.3, -0.25) is 0 Å². The van der Waals surface area contributed by atoms with Gasteiger partial charge in [-0.15, -0.1) is 11.3 Å². The van der Waals surface area contributed by atoms with E-state index < -0.39 is 5.97 Å². The number of carboxylic acid groups (broad SMARTS) is 1. The number of allylic oxidation sites excluding steroid dienone is 1. The van der Waals surface area contributed by atoms with E-state index in [4.69, 9.17) is 21.7 Å². The number of thiazole rings is 1. The highest BCUT2D eigenvalue weighted by atomic mass is 32.1. The Balaban J connectivity index is 1.50. The first-order valence-electron chi connectivity index (χ1n) is 9.49. The molecule has 31 heavy (non-hydrogen) atoms. The van der Waals surface area contributed by atoms with Crippen molar-refractivity contribution in [3.8, 4) is 11.5 Å². The molecule has 0 atom stereocenters. The molecule has 0 fully saturated rings. The fourth-order valence-corrected chi connectivity index (χ4v) is 4.62. The summed E-state index contributed by atoms with van der Waals surface area (Å²) in [5.41, 5.74) is 2.39. The van der Waals surface area contributed by atoms with Gasteiger partial charge in [-0.25, -0.2) is 4.79 Å². The van der Waals surface area contributed by atoms with E-state index in [2.05, 4.69) is 18.5 Å². The molecular weight excluding hydrogens is 432 g/mol. The maximum absolute atomic E-state index is 11.4. The Morgan fingerprint density at radius 3 is 2.84 bits per heavy atom. The number of aromatic carboxylic acids is 1. The standard InChI is InChI=1S/C23H20N2O4S2/c1-14(24-18-6-4-3-5-17(18)22(26)27)9-10-25-15(2)21(31-23(25)30)12-16-7-8-19-20(11-16)29-13-28-19/h3-8,11-12,24H,1-2,9-10,13H2,(H,26,27)/b21-12-. The van der Waals surface area contributed by atoms with Crippen LogP contribution in [0.1, 0.15) is 22.3 Å². The van der Waals surface area contributed by atoms with Gasteiger partial charge in [0.05, 0.1) is 21.1 Å². The summed E-state index contributed by atoms with van der Waals surface area (Å²) in [5.74, 6) is 0.485. The summed E-state index contributed by atoms with van der Waals surface area (Å²) in [4.78, 5) is 11.4. The van der Waals surface area contributed by atoms with Gasteiger partial charge in [-0.2, -0.15) is 0 Å². The Labute approximate surface area is 188 Å². The van der Waals surface area contributed by atoms with Crippen molar-refractivity contribution in [1.29, 1.82) is 0 Å². The molecule has 2 aromatic carbocycles. The molecule has 0 radical (unpaired) electrons. The molecule has 0 spiro atoms. The van der Waals surface area contributed by atoms with E-state index in [1.807, 2.05) is 28.8 Å². The number of para-hydroxylation sites is 1. The van der Waals surface area contributed by atoms with Gasteiger partial charge < -0.3 is 24.5 Å². The smallest absolute Gasteiger partial charge is 0.337 e. The molecule has 158 valence electrons. The molecule has 2 N–H and O–H groups in total. The van der Waals surface area contributed by atoms with Crippen LogP contribution in [0, 0.1) is 3.95 Å². The number of benzene rings is 2. The number of nitrogens with one attached hydrogen (secondary N) is 1. The van der Waals surface area contributed by atoms with Crippen molar-refractivity contribution in [2.24, 2.45) is 0 Å². The lowest BCUT2D eigenvalue weighted by molar-refractivity contribution is 0.0698. The minimum Gasteiger partial charge on any atom is -0.478 e. The zero-order chi connectivity index (χ0) is 22.0. The normalized spacial score (nSPS) is 12.7. The summed E-state index contributed by atoms with van der Waals surface area (Å²) in [7, 11) is 0. The third-order valence-corrected chi connectivity index (χ3v) is 6.27. The van der Waals surface area contributed by atoms with E-state index >= 15 is 0 Å². The fourth-order valence-electron chi connectivity index (χ4n) is 3.22. The molecule has 1 aliphatic heterocycles. The largest absolute Gasteiger partial charge is 0.478 e. The van der Waals surface area contributed by atoms with E-state index in [1.54, 1.807) is 24.3 Å². The first-order chi connectivity index (χ1) is 14.9. The average Bonchev–Trinajstić information content (AvgIpc) is 3.31. The van der Waals surface area contributed by atoms with E-state index in [-0.39, 0.29) is 12.4 Å². The van der Waals surface area contributed by atoms with Crippen LogP contribution < -0.4 is 24.7 Å². The zero-order valence-electron chi connectivity index (χ0n) is 16.6. The Hall–Kier alpha value is -3.36. The third-order valence-electron chi connectivity index (χ3n) is 4.83. The second kappa shape index (κ2) is 8.79. The molecule has 2 heterocycles. The SMILES string of the molecule is C=C(CCn1c(=S)s/c(=C\c2ccc3c(c2)OCO3)c1=C)Nc1ccccc1C(=O)O. The maximum Gasteiger partial charge on any atom is 0.337 e. The van der Waals surface area contributed by atoms with Gasteiger partial charge in [0.25, 0.3) is 0 Å². The highest BCUT2D eigenvalue weighted by Crippen LogP contribution is 2.32. The summed E-state index contributed by atoms with van der Waals surface area (Å²) in [6.07, 6.45) is 2.60. The summed E-state index contributed by atoms with van der Waals surface area (Å²) < 4.78 is 14.5. The topological polar surface area (TPSA) is 72.7 Å². The molecule has 4 rings (SSSR count). The molecule has 0 saturated carbocycles. The van der Waals surface area contributed by atoms with Gasteiger partial charge in [0.15, 0.2) is 15.5 Å². The van der Waals surface area contributed by atoms with Crippen LogP contribution in [0.15, 0.2) is 54.7 Å². The number of aromatic nitrogens is 1. The van der Waals surface area contributed by atoms with Gasteiger partial charge in [-0.05, 0) is 48.1 Å². The lowest BCUT2D eigenvalue weighted by Crippen LogP contribution is -2.27. The summed E-state index contributed by atoms with van der Waals surface area (Å²) in [6.45, 7) is 9.06. The van der Waals surface area contributed by atoms with Crippen molar-refractivity contribution in [2.75, 3.05) is 12.1 Å². The fraction of sp³-hybridized carbons (Fsp3) is 0.130.